The van der Waals surface area contributed by atoms with E-state index in [4.69, 9.17) is 19.4 Å². The standard InChI is InChI=1S/C31H39FN4O6/c1-20-23(14-18-35-16-12-21(13-17-35)29-24-11-10-22(32)19-26(24)42-34-29)31(40)36-15-6-7-25(30(36)33-20)41-28(39)9-5-3-2-4-8-27(37)38/h10-11,19,21,25H,2-9,12-18H2,1H3,(H,37,38). The fourth-order valence-electron chi connectivity index (χ4n) is 6.19. The average molecular weight is 583 g/mol. The first-order chi connectivity index (χ1) is 20.3. The van der Waals surface area contributed by atoms with Gasteiger partial charge in [0.2, 0.25) is 0 Å². The minimum Gasteiger partial charge on any atom is -0.481 e. The molecule has 0 amide bonds. The Balaban J connectivity index is 1.13. The van der Waals surface area contributed by atoms with Crippen LogP contribution in [0.5, 0.6) is 0 Å². The summed E-state index contributed by atoms with van der Waals surface area (Å²) < 4.78 is 26.3. The van der Waals surface area contributed by atoms with Crippen molar-refractivity contribution in [1.29, 1.82) is 0 Å². The molecule has 10 nitrogen and oxygen atoms in total. The summed E-state index contributed by atoms with van der Waals surface area (Å²) in [6, 6.07) is 4.55. The maximum Gasteiger partial charge on any atom is 0.306 e. The molecule has 1 atom stereocenters. The van der Waals surface area contributed by atoms with Gasteiger partial charge in [-0.2, -0.15) is 0 Å². The van der Waals surface area contributed by atoms with Crippen LogP contribution in [0.1, 0.15) is 99.0 Å². The summed E-state index contributed by atoms with van der Waals surface area (Å²) in [5.41, 5.74) is 2.71. The van der Waals surface area contributed by atoms with Gasteiger partial charge in [0.05, 0.1) is 5.69 Å². The lowest BCUT2D eigenvalue weighted by Gasteiger charge is -2.31. The molecule has 2 aromatic heterocycles. The van der Waals surface area contributed by atoms with Gasteiger partial charge in [0.25, 0.3) is 5.56 Å². The van der Waals surface area contributed by atoms with Crippen molar-refractivity contribution >= 4 is 22.9 Å². The van der Waals surface area contributed by atoms with Crippen LogP contribution in [-0.2, 0) is 27.3 Å². The lowest BCUT2D eigenvalue weighted by Crippen LogP contribution is -2.38. The molecule has 0 spiro atoms. The predicted molar refractivity (Wildman–Crippen MR) is 153 cm³/mol. The van der Waals surface area contributed by atoms with Crippen LogP contribution < -0.4 is 5.56 Å². The molecule has 3 aromatic rings. The number of carbonyl (C=O) groups is 2. The summed E-state index contributed by atoms with van der Waals surface area (Å²) in [5, 5.41) is 13.8. The number of rotatable bonds is 12. The second kappa shape index (κ2) is 13.6. The molecule has 42 heavy (non-hydrogen) atoms. The Labute approximate surface area is 243 Å². The molecule has 1 saturated heterocycles. The van der Waals surface area contributed by atoms with Gasteiger partial charge >= 0.3 is 11.9 Å². The Morgan fingerprint density at radius 1 is 1.10 bits per heavy atom. The first kappa shape index (κ1) is 29.9. The van der Waals surface area contributed by atoms with E-state index in [0.717, 1.165) is 62.8 Å². The molecule has 11 heteroatoms. The molecule has 1 fully saturated rings. The second-order valence-corrected chi connectivity index (χ2v) is 11.5. The van der Waals surface area contributed by atoms with E-state index >= 15 is 0 Å². The van der Waals surface area contributed by atoms with E-state index < -0.39 is 12.1 Å². The number of piperidine rings is 1. The average Bonchev–Trinajstić information content (AvgIpc) is 3.38. The maximum absolute atomic E-state index is 13.5. The number of unbranched alkanes of at least 4 members (excludes halogenated alkanes) is 3. The highest BCUT2D eigenvalue weighted by Gasteiger charge is 2.29. The van der Waals surface area contributed by atoms with Crippen LogP contribution >= 0.6 is 0 Å². The zero-order valence-corrected chi connectivity index (χ0v) is 24.1. The monoisotopic (exact) mass is 582 g/mol. The van der Waals surface area contributed by atoms with Crippen LogP contribution in [0, 0.1) is 12.7 Å². The van der Waals surface area contributed by atoms with Gasteiger partial charge < -0.3 is 19.3 Å². The number of aryl methyl sites for hydroxylation is 1. The van der Waals surface area contributed by atoms with Crippen molar-refractivity contribution in [3.63, 3.8) is 0 Å². The molecule has 0 radical (unpaired) electrons. The van der Waals surface area contributed by atoms with Crippen LogP contribution in [0.3, 0.4) is 0 Å². The SMILES string of the molecule is Cc1nc2n(c(=O)c1CCN1CCC(c3noc4cc(F)ccc34)CC1)CCCC2OC(=O)CCCCCCC(=O)O. The zero-order chi connectivity index (χ0) is 29.6. The number of carboxylic acid groups (broad SMARTS) is 1. The number of ether oxygens (including phenoxy) is 1. The summed E-state index contributed by atoms with van der Waals surface area (Å²) in [6.07, 6.45) is 6.49. The third kappa shape index (κ3) is 7.06. The normalized spacial score (nSPS) is 17.8. The molecule has 1 N–H and O–H groups in total. The number of halogens is 1. The molecular weight excluding hydrogens is 543 g/mol. The summed E-state index contributed by atoms with van der Waals surface area (Å²) in [5.74, 6) is -0.663. The van der Waals surface area contributed by atoms with Crippen molar-refractivity contribution in [3.05, 3.63) is 57.1 Å². The van der Waals surface area contributed by atoms with Gasteiger partial charge in [0.1, 0.15) is 5.82 Å². The number of carbonyl (C=O) groups excluding carboxylic acids is 1. The zero-order valence-electron chi connectivity index (χ0n) is 24.1. The Kier molecular flexibility index (Phi) is 9.66. The number of hydrogen-bond acceptors (Lipinski definition) is 8. The van der Waals surface area contributed by atoms with E-state index in [9.17, 15) is 18.8 Å². The maximum atomic E-state index is 13.5. The number of aliphatic carboxylic acids is 1. The van der Waals surface area contributed by atoms with E-state index in [1.165, 1.54) is 12.1 Å². The molecule has 0 bridgehead atoms. The number of likely N-dealkylation sites (tertiary alicyclic amines) is 1. The smallest absolute Gasteiger partial charge is 0.306 e. The number of esters is 1. The summed E-state index contributed by atoms with van der Waals surface area (Å²) in [7, 11) is 0. The summed E-state index contributed by atoms with van der Waals surface area (Å²) >= 11 is 0. The Hall–Kier alpha value is -3.60. The van der Waals surface area contributed by atoms with Gasteiger partial charge in [-0.15, -0.1) is 0 Å². The number of nitrogens with zero attached hydrogens (tertiary/aromatic N) is 4. The van der Waals surface area contributed by atoms with Gasteiger partial charge in [-0.3, -0.25) is 19.0 Å². The second-order valence-electron chi connectivity index (χ2n) is 11.5. The molecule has 5 rings (SSSR count). The van der Waals surface area contributed by atoms with Gasteiger partial charge in [-0.25, -0.2) is 9.37 Å². The van der Waals surface area contributed by atoms with Crippen molar-refractivity contribution in [3.8, 4) is 0 Å². The van der Waals surface area contributed by atoms with Crippen molar-refractivity contribution < 1.29 is 28.3 Å². The highest BCUT2D eigenvalue weighted by atomic mass is 19.1. The number of carboxylic acids is 1. The van der Waals surface area contributed by atoms with Gasteiger partial charge in [-0.05, 0) is 77.1 Å². The van der Waals surface area contributed by atoms with Crippen molar-refractivity contribution in [2.75, 3.05) is 19.6 Å². The molecule has 2 aliphatic heterocycles. The Morgan fingerprint density at radius 2 is 1.86 bits per heavy atom. The minimum atomic E-state index is -0.801. The van der Waals surface area contributed by atoms with Crippen molar-refractivity contribution in [2.24, 2.45) is 0 Å². The molecule has 1 aromatic carbocycles. The predicted octanol–water partition coefficient (Wildman–Crippen LogP) is 5.06. The number of benzene rings is 1. The van der Waals surface area contributed by atoms with Gasteiger partial charge in [0, 0.05) is 54.6 Å². The van der Waals surface area contributed by atoms with Crippen molar-refractivity contribution in [1.82, 2.24) is 19.6 Å². The van der Waals surface area contributed by atoms with E-state index in [2.05, 4.69) is 10.1 Å². The van der Waals surface area contributed by atoms with Crippen LogP contribution in [-0.4, -0.2) is 56.3 Å². The topological polar surface area (TPSA) is 128 Å². The third-order valence-electron chi connectivity index (χ3n) is 8.54. The molecule has 2 aliphatic rings. The highest BCUT2D eigenvalue weighted by molar-refractivity contribution is 5.79. The lowest BCUT2D eigenvalue weighted by molar-refractivity contribution is -0.151. The largest absolute Gasteiger partial charge is 0.481 e. The van der Waals surface area contributed by atoms with Crippen LogP contribution in [0.2, 0.25) is 0 Å². The Bertz CT molecular complexity index is 1480. The van der Waals surface area contributed by atoms with Gasteiger partial charge in [0.15, 0.2) is 17.5 Å². The number of aromatic nitrogens is 3. The summed E-state index contributed by atoms with van der Waals surface area (Å²) in [4.78, 5) is 43.7. The highest BCUT2D eigenvalue weighted by Crippen LogP contribution is 2.33. The molecule has 4 heterocycles. The summed E-state index contributed by atoms with van der Waals surface area (Å²) in [6.45, 7) is 4.91. The van der Waals surface area contributed by atoms with E-state index in [1.807, 2.05) is 6.92 Å². The molecule has 1 unspecified atom stereocenters. The third-order valence-corrected chi connectivity index (χ3v) is 8.54. The van der Waals surface area contributed by atoms with E-state index in [-0.39, 0.29) is 36.1 Å². The molecular formula is C31H39FN4O6. The lowest BCUT2D eigenvalue weighted by atomic mass is 9.91. The first-order valence-electron chi connectivity index (χ1n) is 15.1. The quantitative estimate of drug-likeness (QED) is 0.230. The molecule has 0 aliphatic carbocycles. The Morgan fingerprint density at radius 3 is 2.62 bits per heavy atom. The van der Waals surface area contributed by atoms with E-state index in [0.29, 0.717) is 54.9 Å². The van der Waals surface area contributed by atoms with Crippen LogP contribution in [0.4, 0.5) is 4.39 Å². The van der Waals surface area contributed by atoms with Crippen molar-refractivity contribution in [2.45, 2.75) is 96.1 Å². The fraction of sp³-hybridized carbons (Fsp3) is 0.581. The first-order valence-corrected chi connectivity index (χ1v) is 15.1. The van der Waals surface area contributed by atoms with E-state index in [1.54, 1.807) is 10.6 Å². The van der Waals surface area contributed by atoms with Crippen LogP contribution in [0.25, 0.3) is 11.0 Å². The van der Waals surface area contributed by atoms with Crippen LogP contribution in [0.15, 0.2) is 27.5 Å². The fourth-order valence-corrected chi connectivity index (χ4v) is 6.19. The number of fused-ring (bicyclic) bond motifs is 2. The van der Waals surface area contributed by atoms with Gasteiger partial charge in [-0.1, -0.05) is 18.0 Å². The minimum absolute atomic E-state index is 0.0483. The molecule has 226 valence electrons. The number of hydrogen-bond donors (Lipinski definition) is 1. The molecule has 0 saturated carbocycles.